The van der Waals surface area contributed by atoms with Gasteiger partial charge in [0.2, 0.25) is 0 Å². The summed E-state index contributed by atoms with van der Waals surface area (Å²) in [5.41, 5.74) is 0.592. The van der Waals surface area contributed by atoms with E-state index in [-0.39, 0.29) is 23.5 Å². The van der Waals surface area contributed by atoms with E-state index in [1.807, 2.05) is 19.1 Å². The van der Waals surface area contributed by atoms with Crippen molar-refractivity contribution in [2.45, 2.75) is 19.4 Å². The first kappa shape index (κ1) is 14.5. The minimum Gasteiger partial charge on any atom is -0.335 e. The standard InChI is InChI=1S/C13H16BrNO3S/c1-2-15(12-7-8-19(17,18)9-12)13(16)10-3-5-11(14)6-4-10/h3-6,12H,2,7-9H2,1H3. The maximum atomic E-state index is 12.4. The second-order valence-corrected chi connectivity index (χ2v) is 7.80. The van der Waals surface area contributed by atoms with Crippen molar-refractivity contribution < 1.29 is 13.2 Å². The van der Waals surface area contributed by atoms with Gasteiger partial charge in [-0.05, 0) is 37.6 Å². The lowest BCUT2D eigenvalue weighted by Gasteiger charge is -2.26. The third kappa shape index (κ3) is 3.36. The zero-order valence-corrected chi connectivity index (χ0v) is 13.1. The highest BCUT2D eigenvalue weighted by Gasteiger charge is 2.34. The van der Waals surface area contributed by atoms with Crippen LogP contribution in [0.5, 0.6) is 0 Å². The van der Waals surface area contributed by atoms with Crippen molar-refractivity contribution >= 4 is 31.7 Å². The second-order valence-electron chi connectivity index (χ2n) is 4.65. The fraction of sp³-hybridized carbons (Fsp3) is 0.462. The third-order valence-corrected chi connectivity index (χ3v) is 5.62. The summed E-state index contributed by atoms with van der Waals surface area (Å²) in [6, 6.07) is 6.93. The number of rotatable bonds is 3. The largest absolute Gasteiger partial charge is 0.335 e. The summed E-state index contributed by atoms with van der Waals surface area (Å²) < 4.78 is 24.0. The van der Waals surface area contributed by atoms with E-state index in [0.29, 0.717) is 18.5 Å². The smallest absolute Gasteiger partial charge is 0.254 e. The number of carbonyl (C=O) groups excluding carboxylic acids is 1. The highest BCUT2D eigenvalue weighted by atomic mass is 79.9. The Balaban J connectivity index is 2.18. The minimum absolute atomic E-state index is 0.0864. The Hall–Kier alpha value is -0.880. The number of amides is 1. The number of carbonyl (C=O) groups is 1. The molecule has 0 saturated carbocycles. The van der Waals surface area contributed by atoms with Gasteiger partial charge >= 0.3 is 0 Å². The number of halogens is 1. The van der Waals surface area contributed by atoms with Crippen molar-refractivity contribution in [2.75, 3.05) is 18.1 Å². The lowest BCUT2D eigenvalue weighted by atomic mass is 10.1. The maximum absolute atomic E-state index is 12.4. The van der Waals surface area contributed by atoms with Gasteiger partial charge in [0.15, 0.2) is 9.84 Å². The van der Waals surface area contributed by atoms with Crippen molar-refractivity contribution in [1.29, 1.82) is 0 Å². The third-order valence-electron chi connectivity index (χ3n) is 3.34. The van der Waals surface area contributed by atoms with E-state index in [9.17, 15) is 13.2 Å². The molecule has 2 rings (SSSR count). The van der Waals surface area contributed by atoms with Gasteiger partial charge in [0.25, 0.3) is 5.91 Å². The number of hydrogen-bond acceptors (Lipinski definition) is 3. The van der Waals surface area contributed by atoms with Crippen LogP contribution in [0.3, 0.4) is 0 Å². The highest BCUT2D eigenvalue weighted by Crippen LogP contribution is 2.20. The summed E-state index contributed by atoms with van der Waals surface area (Å²) in [5.74, 6) is 0.169. The lowest BCUT2D eigenvalue weighted by molar-refractivity contribution is 0.0708. The Labute approximate surface area is 121 Å². The zero-order chi connectivity index (χ0) is 14.0. The molecule has 0 spiro atoms. The Morgan fingerprint density at radius 1 is 1.37 bits per heavy atom. The van der Waals surface area contributed by atoms with Gasteiger partial charge in [0, 0.05) is 22.6 Å². The minimum atomic E-state index is -2.97. The van der Waals surface area contributed by atoms with Crippen LogP contribution in [0.15, 0.2) is 28.7 Å². The van der Waals surface area contributed by atoms with E-state index in [1.165, 1.54) is 0 Å². The van der Waals surface area contributed by atoms with Gasteiger partial charge in [-0.25, -0.2) is 8.42 Å². The number of nitrogens with zero attached hydrogens (tertiary/aromatic N) is 1. The first-order valence-corrected chi connectivity index (χ1v) is 8.81. The van der Waals surface area contributed by atoms with Crippen molar-refractivity contribution in [1.82, 2.24) is 4.90 Å². The molecule has 1 fully saturated rings. The second kappa shape index (κ2) is 5.63. The van der Waals surface area contributed by atoms with Gasteiger partial charge in [-0.3, -0.25) is 4.79 Å². The van der Waals surface area contributed by atoms with Crippen LogP contribution in [-0.2, 0) is 9.84 Å². The van der Waals surface area contributed by atoms with Crippen LogP contribution in [0.2, 0.25) is 0 Å². The summed E-state index contributed by atoms with van der Waals surface area (Å²) in [6.07, 6.45) is 0.540. The van der Waals surface area contributed by atoms with Crippen LogP contribution in [0.4, 0.5) is 0 Å². The predicted molar refractivity (Wildman–Crippen MR) is 77.9 cm³/mol. The summed E-state index contributed by atoms with van der Waals surface area (Å²) in [6.45, 7) is 2.40. The normalized spacial score (nSPS) is 21.3. The lowest BCUT2D eigenvalue weighted by Crippen LogP contribution is -2.40. The Morgan fingerprint density at radius 3 is 2.47 bits per heavy atom. The van der Waals surface area contributed by atoms with E-state index in [0.717, 1.165) is 4.47 Å². The van der Waals surface area contributed by atoms with E-state index < -0.39 is 9.84 Å². The van der Waals surface area contributed by atoms with Gasteiger partial charge in [0.1, 0.15) is 0 Å². The van der Waals surface area contributed by atoms with Gasteiger partial charge in [0.05, 0.1) is 11.5 Å². The van der Waals surface area contributed by atoms with Crippen LogP contribution in [0.1, 0.15) is 23.7 Å². The summed E-state index contributed by atoms with van der Waals surface area (Å²) in [4.78, 5) is 14.1. The molecule has 0 aliphatic carbocycles. The first-order chi connectivity index (χ1) is 8.93. The molecule has 0 aromatic heterocycles. The molecule has 1 atom stereocenters. The molecule has 0 radical (unpaired) electrons. The Morgan fingerprint density at radius 2 is 2.00 bits per heavy atom. The topological polar surface area (TPSA) is 54.5 Å². The van der Waals surface area contributed by atoms with Crippen molar-refractivity contribution in [3.63, 3.8) is 0 Å². The number of hydrogen-bond donors (Lipinski definition) is 0. The molecule has 1 aromatic carbocycles. The molecule has 19 heavy (non-hydrogen) atoms. The molecule has 4 nitrogen and oxygen atoms in total. The predicted octanol–water partition coefficient (Wildman–Crippen LogP) is 2.10. The van der Waals surface area contributed by atoms with Crippen LogP contribution in [0, 0.1) is 0 Å². The Bertz CT molecular complexity index is 568. The van der Waals surface area contributed by atoms with Crippen molar-refractivity contribution in [3.05, 3.63) is 34.3 Å². The summed E-state index contributed by atoms with van der Waals surface area (Å²) in [7, 11) is -2.97. The molecule has 104 valence electrons. The number of benzene rings is 1. The molecule has 0 N–H and O–H groups in total. The fourth-order valence-electron chi connectivity index (χ4n) is 2.35. The molecule has 1 amide bonds. The molecular weight excluding hydrogens is 330 g/mol. The van der Waals surface area contributed by atoms with Gasteiger partial charge in [-0.1, -0.05) is 15.9 Å². The Kier molecular flexibility index (Phi) is 4.30. The monoisotopic (exact) mass is 345 g/mol. The average molecular weight is 346 g/mol. The molecule has 6 heteroatoms. The summed E-state index contributed by atoms with van der Waals surface area (Å²) >= 11 is 3.33. The molecule has 1 aliphatic rings. The molecular formula is C13H16BrNO3S. The molecule has 1 unspecified atom stereocenters. The van der Waals surface area contributed by atoms with E-state index >= 15 is 0 Å². The molecule has 0 bridgehead atoms. The first-order valence-electron chi connectivity index (χ1n) is 6.20. The van der Waals surface area contributed by atoms with Crippen LogP contribution < -0.4 is 0 Å². The molecule has 1 aromatic rings. The van der Waals surface area contributed by atoms with E-state index in [1.54, 1.807) is 17.0 Å². The SMILES string of the molecule is CCN(C(=O)c1ccc(Br)cc1)C1CCS(=O)(=O)C1. The van der Waals surface area contributed by atoms with Gasteiger partial charge in [-0.15, -0.1) is 0 Å². The average Bonchev–Trinajstić information content (AvgIpc) is 2.71. The molecule has 1 aliphatic heterocycles. The quantitative estimate of drug-likeness (QED) is 0.842. The van der Waals surface area contributed by atoms with Gasteiger partial charge in [-0.2, -0.15) is 0 Å². The van der Waals surface area contributed by atoms with Gasteiger partial charge < -0.3 is 4.90 Å². The molecule has 1 heterocycles. The maximum Gasteiger partial charge on any atom is 0.254 e. The van der Waals surface area contributed by atoms with Crippen LogP contribution >= 0.6 is 15.9 Å². The van der Waals surface area contributed by atoms with Crippen molar-refractivity contribution in [3.8, 4) is 0 Å². The van der Waals surface area contributed by atoms with Crippen LogP contribution in [0.25, 0.3) is 0 Å². The fourth-order valence-corrected chi connectivity index (χ4v) is 4.34. The van der Waals surface area contributed by atoms with Crippen LogP contribution in [-0.4, -0.2) is 43.3 Å². The van der Waals surface area contributed by atoms with E-state index in [2.05, 4.69) is 15.9 Å². The van der Waals surface area contributed by atoms with Crippen molar-refractivity contribution in [2.24, 2.45) is 0 Å². The number of sulfone groups is 1. The molecule has 1 saturated heterocycles. The summed E-state index contributed by atoms with van der Waals surface area (Å²) in [5, 5.41) is 0. The highest BCUT2D eigenvalue weighted by molar-refractivity contribution is 9.10. The van der Waals surface area contributed by atoms with E-state index in [4.69, 9.17) is 0 Å². The zero-order valence-electron chi connectivity index (χ0n) is 10.7.